The van der Waals surface area contributed by atoms with E-state index in [1.165, 1.54) is 0 Å². The summed E-state index contributed by atoms with van der Waals surface area (Å²) in [6, 6.07) is 18.2. The molecule has 5 aromatic rings. The fraction of sp³-hybridized carbons (Fsp3) is 0. The number of thiophene rings is 1. The van der Waals surface area contributed by atoms with Gasteiger partial charge in [-0.3, -0.25) is 0 Å². The van der Waals surface area contributed by atoms with E-state index >= 15 is 0 Å². The number of imidazole rings is 1. The lowest BCUT2D eigenvalue weighted by atomic mass is 10.0. The number of nitrogens with zero attached hydrogens (tertiary/aromatic N) is 3. The van der Waals surface area contributed by atoms with Crippen LogP contribution in [-0.4, -0.2) is 23.0 Å². The molecular formula is C18H12N4O2S3. The summed E-state index contributed by atoms with van der Waals surface area (Å²) in [5.74, 6) is 0. The number of fused-ring (bicyclic) bond motifs is 2. The van der Waals surface area contributed by atoms with E-state index in [-0.39, 0.29) is 4.34 Å². The maximum atomic E-state index is 11.7. The van der Waals surface area contributed by atoms with Crippen molar-refractivity contribution in [3.8, 4) is 21.8 Å². The number of rotatable bonds is 3. The zero-order valence-electron chi connectivity index (χ0n) is 13.7. The third-order valence-corrected chi connectivity index (χ3v) is 7.30. The van der Waals surface area contributed by atoms with Crippen LogP contribution in [0.15, 0.2) is 64.3 Å². The molecule has 5 rings (SSSR count). The van der Waals surface area contributed by atoms with Crippen molar-refractivity contribution in [2.75, 3.05) is 0 Å². The summed E-state index contributed by atoms with van der Waals surface area (Å²) in [4.78, 5) is 6.13. The van der Waals surface area contributed by atoms with Crippen LogP contribution in [-0.2, 0) is 10.0 Å². The quantitative estimate of drug-likeness (QED) is 0.485. The lowest BCUT2D eigenvalue weighted by Gasteiger charge is -2.04. The van der Waals surface area contributed by atoms with Crippen molar-refractivity contribution in [3.05, 3.63) is 60.0 Å². The van der Waals surface area contributed by atoms with Crippen molar-refractivity contribution >= 4 is 48.4 Å². The highest BCUT2D eigenvalue weighted by Crippen LogP contribution is 2.37. The molecule has 27 heavy (non-hydrogen) atoms. The van der Waals surface area contributed by atoms with Gasteiger partial charge < -0.3 is 0 Å². The van der Waals surface area contributed by atoms with Gasteiger partial charge in [-0.1, -0.05) is 53.8 Å². The Balaban J connectivity index is 1.80. The molecule has 0 fully saturated rings. The first-order chi connectivity index (χ1) is 13.0. The monoisotopic (exact) mass is 412 g/mol. The third-order valence-electron chi connectivity index (χ3n) is 4.21. The lowest BCUT2D eigenvalue weighted by Crippen LogP contribution is -2.12. The van der Waals surface area contributed by atoms with Crippen LogP contribution in [0.25, 0.3) is 37.6 Å². The fourth-order valence-electron chi connectivity index (χ4n) is 3.02. The summed E-state index contributed by atoms with van der Waals surface area (Å²) < 4.78 is 24.8. The topological polar surface area (TPSA) is 90.4 Å². The van der Waals surface area contributed by atoms with Crippen LogP contribution < -0.4 is 5.14 Å². The second-order valence-corrected chi connectivity index (χ2v) is 9.59. The number of nitrogens with two attached hydrogens (primary N) is 1. The second kappa shape index (κ2) is 5.96. The van der Waals surface area contributed by atoms with E-state index in [1.54, 1.807) is 15.9 Å². The van der Waals surface area contributed by atoms with Gasteiger partial charge in [-0.05, 0) is 28.3 Å². The maximum absolute atomic E-state index is 11.7. The first-order valence-corrected chi connectivity index (χ1v) is 11.2. The molecule has 0 spiro atoms. The summed E-state index contributed by atoms with van der Waals surface area (Å²) in [7, 11) is -3.88. The van der Waals surface area contributed by atoms with Gasteiger partial charge in [-0.2, -0.15) is 0 Å². The molecular weight excluding hydrogens is 400 g/mol. The Labute approximate surface area is 162 Å². The molecule has 2 aromatic carbocycles. The van der Waals surface area contributed by atoms with Gasteiger partial charge in [0.1, 0.15) is 11.4 Å². The first-order valence-electron chi connectivity index (χ1n) is 7.96. The smallest absolute Gasteiger partial charge is 0.223 e. The Morgan fingerprint density at radius 3 is 2.56 bits per heavy atom. The molecule has 0 aliphatic heterocycles. The highest BCUT2D eigenvalue weighted by atomic mass is 32.2. The molecule has 3 heterocycles. The molecule has 134 valence electrons. The number of hydrogen-bond acceptors (Lipinski definition) is 6. The van der Waals surface area contributed by atoms with Crippen LogP contribution in [0.2, 0.25) is 0 Å². The number of benzene rings is 2. The Kier molecular flexibility index (Phi) is 3.66. The third kappa shape index (κ3) is 2.76. The molecule has 0 bridgehead atoms. The largest absolute Gasteiger partial charge is 0.267 e. The van der Waals surface area contributed by atoms with E-state index in [2.05, 4.69) is 34.3 Å². The van der Waals surface area contributed by atoms with Gasteiger partial charge in [0.25, 0.3) is 10.0 Å². The van der Waals surface area contributed by atoms with Crippen molar-refractivity contribution in [1.29, 1.82) is 0 Å². The van der Waals surface area contributed by atoms with E-state index in [0.717, 1.165) is 43.9 Å². The van der Waals surface area contributed by atoms with Crippen molar-refractivity contribution in [1.82, 2.24) is 14.6 Å². The first kappa shape index (κ1) is 16.6. The molecule has 0 saturated heterocycles. The molecule has 0 aliphatic rings. The number of hydrogen-bond donors (Lipinski definition) is 1. The molecule has 3 aromatic heterocycles. The Morgan fingerprint density at radius 1 is 1.00 bits per heavy atom. The fourth-order valence-corrected chi connectivity index (χ4v) is 5.29. The standard InChI is InChI=1S/C18H12N4O2S3/c19-27(23,24)18-21-22-16(14-6-3-9-25-14)15(20-17(22)26-18)13-8-7-11-4-1-2-5-12(11)10-13/h1-10H,(H2,19,23,24). The summed E-state index contributed by atoms with van der Waals surface area (Å²) in [6.07, 6.45) is 0. The molecule has 0 atom stereocenters. The van der Waals surface area contributed by atoms with Gasteiger partial charge in [-0.25, -0.2) is 23.1 Å². The van der Waals surface area contributed by atoms with Gasteiger partial charge in [0.05, 0.1) is 4.88 Å². The molecule has 0 amide bonds. The lowest BCUT2D eigenvalue weighted by molar-refractivity contribution is 0.595. The van der Waals surface area contributed by atoms with E-state index in [1.807, 2.05) is 35.7 Å². The SMILES string of the molecule is NS(=O)(=O)c1nn2c(-c3cccs3)c(-c3ccc4ccccc4c3)nc2s1. The summed E-state index contributed by atoms with van der Waals surface area (Å²) in [5.41, 5.74) is 2.48. The van der Waals surface area contributed by atoms with E-state index in [0.29, 0.717) is 4.96 Å². The molecule has 0 aliphatic carbocycles. The maximum Gasteiger partial charge on any atom is 0.267 e. The average molecular weight is 413 g/mol. The minimum atomic E-state index is -3.88. The molecule has 2 N–H and O–H groups in total. The number of sulfonamides is 1. The second-order valence-electron chi connectivity index (χ2n) is 5.96. The predicted octanol–water partition coefficient (Wildman–Crippen LogP) is 3.99. The van der Waals surface area contributed by atoms with Crippen LogP contribution in [0.5, 0.6) is 0 Å². The Bertz CT molecular complexity index is 1400. The van der Waals surface area contributed by atoms with Crippen molar-refractivity contribution in [2.24, 2.45) is 5.14 Å². The summed E-state index contributed by atoms with van der Waals surface area (Å²) in [6.45, 7) is 0. The number of aromatic nitrogens is 3. The highest BCUT2D eigenvalue weighted by Gasteiger charge is 2.23. The average Bonchev–Trinajstić information content (AvgIpc) is 3.36. The number of primary sulfonamides is 1. The van der Waals surface area contributed by atoms with Crippen molar-refractivity contribution in [2.45, 2.75) is 4.34 Å². The molecule has 6 nitrogen and oxygen atoms in total. The van der Waals surface area contributed by atoms with Crippen molar-refractivity contribution < 1.29 is 8.42 Å². The Hall–Kier alpha value is -2.59. The Morgan fingerprint density at radius 2 is 1.81 bits per heavy atom. The van der Waals surface area contributed by atoms with Gasteiger partial charge in [0.15, 0.2) is 0 Å². The zero-order chi connectivity index (χ0) is 18.6. The predicted molar refractivity (Wildman–Crippen MR) is 108 cm³/mol. The van der Waals surface area contributed by atoms with Crippen LogP contribution in [0.3, 0.4) is 0 Å². The minimum absolute atomic E-state index is 0.145. The van der Waals surface area contributed by atoms with Gasteiger partial charge in [0.2, 0.25) is 9.30 Å². The highest BCUT2D eigenvalue weighted by molar-refractivity contribution is 7.91. The van der Waals surface area contributed by atoms with E-state index in [9.17, 15) is 8.42 Å². The van der Waals surface area contributed by atoms with Gasteiger partial charge in [0, 0.05) is 5.56 Å². The van der Waals surface area contributed by atoms with Gasteiger partial charge >= 0.3 is 0 Å². The molecule has 9 heteroatoms. The van der Waals surface area contributed by atoms with Gasteiger partial charge in [-0.15, -0.1) is 16.4 Å². The molecule has 0 unspecified atom stereocenters. The van der Waals surface area contributed by atoms with Crippen LogP contribution in [0.4, 0.5) is 0 Å². The normalized spacial score (nSPS) is 12.2. The van der Waals surface area contributed by atoms with Crippen molar-refractivity contribution in [3.63, 3.8) is 0 Å². The zero-order valence-corrected chi connectivity index (χ0v) is 16.2. The van der Waals surface area contributed by atoms with Crippen LogP contribution in [0, 0.1) is 0 Å². The van der Waals surface area contributed by atoms with Crippen LogP contribution in [0.1, 0.15) is 0 Å². The summed E-state index contributed by atoms with van der Waals surface area (Å²) >= 11 is 2.51. The van der Waals surface area contributed by atoms with E-state index < -0.39 is 10.0 Å². The summed E-state index contributed by atoms with van der Waals surface area (Å²) in [5, 5.41) is 13.7. The van der Waals surface area contributed by atoms with E-state index in [4.69, 9.17) is 5.14 Å². The van der Waals surface area contributed by atoms with Crippen LogP contribution >= 0.6 is 22.7 Å². The minimum Gasteiger partial charge on any atom is -0.223 e. The molecule has 0 saturated carbocycles. The molecule has 0 radical (unpaired) electrons.